The first-order chi connectivity index (χ1) is 17.5. The first-order valence-electron chi connectivity index (χ1n) is 12.5. The van der Waals surface area contributed by atoms with Crippen molar-refractivity contribution in [3.8, 4) is 0 Å². The first kappa shape index (κ1) is 24.8. The first-order valence-corrected chi connectivity index (χ1v) is 12.5. The standard InChI is InChI=1S/C29H32N4O4/c1-18-15-25(31(5)17-34)24(30(3)4)16-23(18)33-27(35)20-8-6-7-19-22(10-9-21(26(19)20)28(33)36)32-13-11-29(2,37)12-14-32/h6-10,15-17,37H,11-14H2,1-5H3. The summed E-state index contributed by atoms with van der Waals surface area (Å²) in [5.41, 5.74) is 3.87. The van der Waals surface area contributed by atoms with Crippen molar-refractivity contribution in [2.24, 2.45) is 0 Å². The van der Waals surface area contributed by atoms with Crippen LogP contribution in [0.1, 0.15) is 46.0 Å². The molecule has 0 atom stereocenters. The van der Waals surface area contributed by atoms with Crippen LogP contribution in [0.5, 0.6) is 0 Å². The summed E-state index contributed by atoms with van der Waals surface area (Å²) >= 11 is 0. The number of amides is 3. The van der Waals surface area contributed by atoms with E-state index in [1.54, 1.807) is 19.2 Å². The molecule has 2 aliphatic heterocycles. The van der Waals surface area contributed by atoms with E-state index in [9.17, 15) is 19.5 Å². The minimum absolute atomic E-state index is 0.369. The lowest BCUT2D eigenvalue weighted by atomic mass is 9.90. The fraction of sp³-hybridized carbons (Fsp3) is 0.345. The van der Waals surface area contributed by atoms with Gasteiger partial charge in [0.1, 0.15) is 0 Å². The number of aryl methyl sites for hydroxylation is 1. The Morgan fingerprint density at radius 1 is 0.919 bits per heavy atom. The number of carbonyl (C=O) groups excluding carboxylic acids is 3. The number of nitrogens with zero attached hydrogens (tertiary/aromatic N) is 4. The molecule has 1 saturated heterocycles. The molecule has 0 radical (unpaired) electrons. The number of imide groups is 1. The van der Waals surface area contributed by atoms with Crippen LogP contribution in [0.3, 0.4) is 0 Å². The predicted octanol–water partition coefficient (Wildman–Crippen LogP) is 3.96. The Morgan fingerprint density at radius 2 is 1.57 bits per heavy atom. The van der Waals surface area contributed by atoms with E-state index in [-0.39, 0.29) is 11.8 Å². The topological polar surface area (TPSA) is 84.4 Å². The molecule has 0 unspecified atom stereocenters. The van der Waals surface area contributed by atoms with Gasteiger partial charge in [0.15, 0.2) is 0 Å². The van der Waals surface area contributed by atoms with E-state index >= 15 is 0 Å². The monoisotopic (exact) mass is 500 g/mol. The number of piperidine rings is 1. The predicted molar refractivity (Wildman–Crippen MR) is 147 cm³/mol. The molecule has 2 aliphatic rings. The van der Waals surface area contributed by atoms with Gasteiger partial charge >= 0.3 is 0 Å². The summed E-state index contributed by atoms with van der Waals surface area (Å²) in [4.78, 5) is 46.0. The van der Waals surface area contributed by atoms with Crippen LogP contribution >= 0.6 is 0 Å². The highest BCUT2D eigenvalue weighted by molar-refractivity contribution is 6.36. The highest BCUT2D eigenvalue weighted by atomic mass is 16.3. The quantitative estimate of drug-likeness (QED) is 0.422. The Labute approximate surface area is 216 Å². The van der Waals surface area contributed by atoms with Crippen molar-refractivity contribution >= 4 is 51.7 Å². The average molecular weight is 501 g/mol. The lowest BCUT2D eigenvalue weighted by Crippen LogP contribution is -2.43. The van der Waals surface area contributed by atoms with Crippen LogP contribution in [0, 0.1) is 6.92 Å². The zero-order valence-electron chi connectivity index (χ0n) is 21.9. The van der Waals surface area contributed by atoms with Crippen molar-refractivity contribution in [3.05, 3.63) is 59.2 Å². The van der Waals surface area contributed by atoms with E-state index in [1.165, 1.54) is 9.80 Å². The van der Waals surface area contributed by atoms with Crippen LogP contribution in [0.25, 0.3) is 10.8 Å². The number of anilines is 4. The smallest absolute Gasteiger partial charge is 0.265 e. The van der Waals surface area contributed by atoms with E-state index in [0.717, 1.165) is 23.2 Å². The van der Waals surface area contributed by atoms with Crippen molar-refractivity contribution in [1.29, 1.82) is 0 Å². The van der Waals surface area contributed by atoms with Gasteiger partial charge in [-0.25, -0.2) is 4.90 Å². The van der Waals surface area contributed by atoms with Gasteiger partial charge in [0.25, 0.3) is 11.8 Å². The normalized spacial score (nSPS) is 16.8. The van der Waals surface area contributed by atoms with Gasteiger partial charge in [-0.2, -0.15) is 0 Å². The third-order valence-electron chi connectivity index (χ3n) is 7.62. The van der Waals surface area contributed by atoms with E-state index in [2.05, 4.69) is 4.90 Å². The summed E-state index contributed by atoms with van der Waals surface area (Å²) in [5, 5.41) is 11.9. The maximum Gasteiger partial charge on any atom is 0.265 e. The zero-order chi connectivity index (χ0) is 26.6. The van der Waals surface area contributed by atoms with E-state index < -0.39 is 5.60 Å². The Morgan fingerprint density at radius 3 is 2.19 bits per heavy atom. The molecule has 5 rings (SSSR count). The van der Waals surface area contributed by atoms with Crippen molar-refractivity contribution < 1.29 is 19.5 Å². The molecule has 0 saturated carbocycles. The number of hydrogen-bond donors (Lipinski definition) is 1. The van der Waals surface area contributed by atoms with Gasteiger partial charge in [0.05, 0.1) is 22.7 Å². The SMILES string of the molecule is Cc1cc(N(C)C=O)c(N(C)C)cc1N1C(=O)c2cccc3c(N4CCC(C)(O)CC4)ccc(c23)C1=O. The molecule has 3 amide bonds. The summed E-state index contributed by atoms with van der Waals surface area (Å²) in [6, 6.07) is 13.0. The van der Waals surface area contributed by atoms with Gasteiger partial charge in [-0.15, -0.1) is 0 Å². The summed E-state index contributed by atoms with van der Waals surface area (Å²) < 4.78 is 0. The largest absolute Gasteiger partial charge is 0.390 e. The maximum atomic E-state index is 13.9. The second-order valence-corrected chi connectivity index (χ2v) is 10.5. The third-order valence-corrected chi connectivity index (χ3v) is 7.62. The molecule has 3 aromatic rings. The molecule has 3 aromatic carbocycles. The van der Waals surface area contributed by atoms with Crippen molar-refractivity contribution in [2.45, 2.75) is 32.3 Å². The van der Waals surface area contributed by atoms with Crippen molar-refractivity contribution in [3.63, 3.8) is 0 Å². The van der Waals surface area contributed by atoms with E-state index in [1.807, 2.05) is 63.2 Å². The molecule has 8 heteroatoms. The molecule has 1 N–H and O–H groups in total. The Hall–Kier alpha value is -3.91. The van der Waals surface area contributed by atoms with Gasteiger partial charge in [-0.1, -0.05) is 12.1 Å². The molecule has 0 spiro atoms. The second-order valence-electron chi connectivity index (χ2n) is 10.5. The minimum atomic E-state index is -0.672. The molecular weight excluding hydrogens is 468 g/mol. The zero-order valence-corrected chi connectivity index (χ0v) is 21.9. The summed E-state index contributed by atoms with van der Waals surface area (Å²) in [6.45, 7) is 5.10. The van der Waals surface area contributed by atoms with Crippen LogP contribution in [-0.2, 0) is 4.79 Å². The molecule has 37 heavy (non-hydrogen) atoms. The molecule has 0 aromatic heterocycles. The molecular formula is C29H32N4O4. The average Bonchev–Trinajstić information content (AvgIpc) is 2.87. The van der Waals surface area contributed by atoms with Crippen LogP contribution in [0.2, 0.25) is 0 Å². The van der Waals surface area contributed by atoms with Crippen LogP contribution < -0.4 is 19.6 Å². The number of aliphatic hydroxyl groups is 1. The van der Waals surface area contributed by atoms with Crippen molar-refractivity contribution in [1.82, 2.24) is 0 Å². The lowest BCUT2D eigenvalue weighted by Gasteiger charge is -2.38. The molecule has 0 bridgehead atoms. The highest BCUT2D eigenvalue weighted by Crippen LogP contribution is 2.41. The summed E-state index contributed by atoms with van der Waals surface area (Å²) in [7, 11) is 5.38. The van der Waals surface area contributed by atoms with Gasteiger partial charge in [-0.05, 0) is 62.6 Å². The van der Waals surface area contributed by atoms with Gasteiger partial charge in [-0.3, -0.25) is 14.4 Å². The maximum absolute atomic E-state index is 13.9. The number of carbonyl (C=O) groups is 3. The molecule has 0 aliphatic carbocycles. The summed E-state index contributed by atoms with van der Waals surface area (Å²) in [6.07, 6.45) is 2.05. The van der Waals surface area contributed by atoms with Gasteiger partial charge in [0.2, 0.25) is 6.41 Å². The molecule has 2 heterocycles. The summed E-state index contributed by atoms with van der Waals surface area (Å²) in [5.74, 6) is -0.739. The molecule has 8 nitrogen and oxygen atoms in total. The Bertz CT molecular complexity index is 1410. The van der Waals surface area contributed by atoms with Crippen LogP contribution in [0.4, 0.5) is 22.7 Å². The molecule has 1 fully saturated rings. The number of hydrogen-bond acceptors (Lipinski definition) is 6. The fourth-order valence-corrected chi connectivity index (χ4v) is 5.41. The minimum Gasteiger partial charge on any atom is -0.390 e. The van der Waals surface area contributed by atoms with E-state index in [0.29, 0.717) is 59.4 Å². The third kappa shape index (κ3) is 4.01. The fourth-order valence-electron chi connectivity index (χ4n) is 5.41. The Kier molecular flexibility index (Phi) is 5.95. The number of benzene rings is 3. The second kappa shape index (κ2) is 8.88. The van der Waals surface area contributed by atoms with Crippen molar-refractivity contribution in [2.75, 3.05) is 53.8 Å². The van der Waals surface area contributed by atoms with Crippen LogP contribution in [0.15, 0.2) is 42.5 Å². The Balaban J connectivity index is 1.62. The lowest BCUT2D eigenvalue weighted by molar-refractivity contribution is -0.107. The van der Waals surface area contributed by atoms with Gasteiger partial charge < -0.3 is 19.8 Å². The van der Waals surface area contributed by atoms with E-state index in [4.69, 9.17) is 0 Å². The molecule has 192 valence electrons. The van der Waals surface area contributed by atoms with Gasteiger partial charge in [0, 0.05) is 61.8 Å². The van der Waals surface area contributed by atoms with Crippen LogP contribution in [-0.4, -0.2) is 63.2 Å². The highest BCUT2D eigenvalue weighted by Gasteiger charge is 2.37. The number of rotatable bonds is 5.